The van der Waals surface area contributed by atoms with Crippen LogP contribution in [-0.2, 0) is 10.0 Å². The number of hydrogen-bond acceptors (Lipinski definition) is 6. The number of ether oxygens (including phenoxy) is 4. The van der Waals surface area contributed by atoms with E-state index < -0.39 is 15.8 Å². The van der Waals surface area contributed by atoms with Gasteiger partial charge in [0.2, 0.25) is 16.8 Å². The summed E-state index contributed by atoms with van der Waals surface area (Å²) in [5.41, 5.74) is 0. The minimum atomic E-state index is -3.84. The van der Waals surface area contributed by atoms with Crippen molar-refractivity contribution in [1.29, 1.82) is 0 Å². The standard InChI is InChI=1S/C16H16FNO6S/c1-21-14-5-3-12(9-13(14)17)25(19,20)18-6-7-22-11-2-4-15-16(8-11)24-10-23-15/h2-5,8-9,18H,6-7,10H2,1H3. The first kappa shape index (κ1) is 17.3. The summed E-state index contributed by atoms with van der Waals surface area (Å²) < 4.78 is 60.9. The summed E-state index contributed by atoms with van der Waals surface area (Å²) in [5, 5.41) is 0. The van der Waals surface area contributed by atoms with Crippen molar-refractivity contribution in [2.24, 2.45) is 0 Å². The fourth-order valence-corrected chi connectivity index (χ4v) is 3.23. The van der Waals surface area contributed by atoms with E-state index in [1.165, 1.54) is 19.2 Å². The number of hydrogen-bond donors (Lipinski definition) is 1. The maximum absolute atomic E-state index is 13.6. The molecule has 0 bridgehead atoms. The lowest BCUT2D eigenvalue weighted by atomic mass is 10.3. The summed E-state index contributed by atoms with van der Waals surface area (Å²) >= 11 is 0. The van der Waals surface area contributed by atoms with E-state index in [2.05, 4.69) is 4.72 Å². The Kier molecular flexibility index (Phi) is 4.95. The van der Waals surface area contributed by atoms with Crippen LogP contribution in [0.25, 0.3) is 0 Å². The Morgan fingerprint density at radius 1 is 1.16 bits per heavy atom. The minimum absolute atomic E-state index is 0.0183. The van der Waals surface area contributed by atoms with Crippen molar-refractivity contribution in [2.45, 2.75) is 4.90 Å². The molecule has 1 N–H and O–H groups in total. The number of halogens is 1. The summed E-state index contributed by atoms with van der Waals surface area (Å²) in [4.78, 5) is -0.186. The Hall–Kier alpha value is -2.52. The molecule has 0 saturated carbocycles. The van der Waals surface area contributed by atoms with Gasteiger partial charge in [0.1, 0.15) is 12.4 Å². The van der Waals surface area contributed by atoms with E-state index in [4.69, 9.17) is 18.9 Å². The molecule has 2 aromatic rings. The molecule has 0 atom stereocenters. The molecule has 0 aliphatic carbocycles. The number of benzene rings is 2. The van der Waals surface area contributed by atoms with Gasteiger partial charge in [-0.1, -0.05) is 0 Å². The first-order valence-electron chi connectivity index (χ1n) is 7.35. The van der Waals surface area contributed by atoms with Gasteiger partial charge < -0.3 is 18.9 Å². The normalized spacial score (nSPS) is 12.9. The predicted octanol–water partition coefficient (Wildman–Crippen LogP) is 1.92. The quantitative estimate of drug-likeness (QED) is 0.751. The van der Waals surface area contributed by atoms with Crippen molar-refractivity contribution in [3.05, 3.63) is 42.2 Å². The van der Waals surface area contributed by atoms with E-state index >= 15 is 0 Å². The van der Waals surface area contributed by atoms with Crippen LogP contribution in [0.3, 0.4) is 0 Å². The topological polar surface area (TPSA) is 83.1 Å². The molecule has 7 nitrogen and oxygen atoms in total. The second kappa shape index (κ2) is 7.16. The monoisotopic (exact) mass is 369 g/mol. The molecule has 0 unspecified atom stereocenters. The van der Waals surface area contributed by atoms with Gasteiger partial charge in [-0.3, -0.25) is 0 Å². The lowest BCUT2D eigenvalue weighted by Crippen LogP contribution is -2.28. The van der Waals surface area contributed by atoms with Crippen molar-refractivity contribution in [3.8, 4) is 23.0 Å². The first-order valence-corrected chi connectivity index (χ1v) is 8.83. The summed E-state index contributed by atoms with van der Waals surface area (Å²) in [6, 6.07) is 8.49. The Labute approximate surface area is 144 Å². The zero-order chi connectivity index (χ0) is 17.9. The molecule has 0 spiro atoms. The highest BCUT2D eigenvalue weighted by atomic mass is 32.2. The molecule has 0 saturated heterocycles. The highest BCUT2D eigenvalue weighted by Gasteiger charge is 2.17. The van der Waals surface area contributed by atoms with Crippen LogP contribution in [0.1, 0.15) is 0 Å². The van der Waals surface area contributed by atoms with Crippen LogP contribution < -0.4 is 23.7 Å². The van der Waals surface area contributed by atoms with Gasteiger partial charge in [-0.15, -0.1) is 0 Å². The molecule has 0 aromatic heterocycles. The Morgan fingerprint density at radius 2 is 1.96 bits per heavy atom. The fourth-order valence-electron chi connectivity index (χ4n) is 2.21. The van der Waals surface area contributed by atoms with Crippen molar-refractivity contribution >= 4 is 10.0 Å². The molecule has 25 heavy (non-hydrogen) atoms. The van der Waals surface area contributed by atoms with E-state index in [9.17, 15) is 12.8 Å². The molecule has 134 valence electrons. The molecule has 2 aromatic carbocycles. The molecule has 0 amide bonds. The maximum atomic E-state index is 13.6. The van der Waals surface area contributed by atoms with Crippen molar-refractivity contribution in [2.75, 3.05) is 27.1 Å². The molecule has 3 rings (SSSR count). The van der Waals surface area contributed by atoms with Crippen LogP contribution in [0.4, 0.5) is 4.39 Å². The van der Waals surface area contributed by atoms with Crippen LogP contribution in [0.15, 0.2) is 41.3 Å². The Balaban J connectivity index is 1.55. The average Bonchev–Trinajstić information content (AvgIpc) is 3.06. The van der Waals surface area contributed by atoms with Gasteiger partial charge in [-0.25, -0.2) is 17.5 Å². The van der Waals surface area contributed by atoms with Gasteiger partial charge in [-0.2, -0.15) is 0 Å². The Morgan fingerprint density at radius 3 is 2.72 bits per heavy atom. The second-order valence-electron chi connectivity index (χ2n) is 5.06. The van der Waals surface area contributed by atoms with E-state index in [1.54, 1.807) is 18.2 Å². The van der Waals surface area contributed by atoms with E-state index in [1.807, 2.05) is 0 Å². The SMILES string of the molecule is COc1ccc(S(=O)(=O)NCCOc2ccc3c(c2)OCO3)cc1F. The van der Waals surface area contributed by atoms with Gasteiger partial charge >= 0.3 is 0 Å². The minimum Gasteiger partial charge on any atom is -0.494 e. The second-order valence-corrected chi connectivity index (χ2v) is 6.82. The summed E-state index contributed by atoms with van der Waals surface area (Å²) in [7, 11) is -2.54. The smallest absolute Gasteiger partial charge is 0.240 e. The first-order chi connectivity index (χ1) is 12.0. The molecule has 0 radical (unpaired) electrons. The van der Waals surface area contributed by atoms with Gasteiger partial charge in [0.15, 0.2) is 23.1 Å². The summed E-state index contributed by atoms with van der Waals surface area (Å²) in [5.74, 6) is 0.965. The van der Waals surface area contributed by atoms with Gasteiger partial charge in [0, 0.05) is 12.6 Å². The number of sulfonamides is 1. The van der Waals surface area contributed by atoms with Crippen LogP contribution in [0.5, 0.6) is 23.0 Å². The van der Waals surface area contributed by atoms with Crippen LogP contribution in [0.2, 0.25) is 0 Å². The highest BCUT2D eigenvalue weighted by molar-refractivity contribution is 7.89. The van der Waals surface area contributed by atoms with Gasteiger partial charge in [0.25, 0.3) is 0 Å². The van der Waals surface area contributed by atoms with Crippen molar-refractivity contribution < 1.29 is 31.8 Å². The zero-order valence-electron chi connectivity index (χ0n) is 13.3. The third-order valence-corrected chi connectivity index (χ3v) is 4.90. The van der Waals surface area contributed by atoms with E-state index in [-0.39, 0.29) is 30.6 Å². The number of fused-ring (bicyclic) bond motifs is 1. The lowest BCUT2D eigenvalue weighted by molar-refractivity contribution is 0.173. The number of nitrogens with one attached hydrogen (secondary N) is 1. The lowest BCUT2D eigenvalue weighted by Gasteiger charge is -2.10. The third-order valence-electron chi connectivity index (χ3n) is 3.44. The maximum Gasteiger partial charge on any atom is 0.240 e. The zero-order valence-corrected chi connectivity index (χ0v) is 14.1. The summed E-state index contributed by atoms with van der Waals surface area (Å²) in [6.45, 7) is 0.277. The molecule has 1 aliphatic heterocycles. The van der Waals surface area contributed by atoms with E-state index in [0.717, 1.165) is 6.07 Å². The van der Waals surface area contributed by atoms with Gasteiger partial charge in [-0.05, 0) is 30.3 Å². The van der Waals surface area contributed by atoms with Crippen LogP contribution >= 0.6 is 0 Å². The average molecular weight is 369 g/mol. The summed E-state index contributed by atoms with van der Waals surface area (Å²) in [6.07, 6.45) is 0. The Bertz CT molecular complexity index is 871. The number of methoxy groups -OCH3 is 1. The third kappa shape index (κ3) is 3.94. The van der Waals surface area contributed by atoms with E-state index in [0.29, 0.717) is 17.2 Å². The predicted molar refractivity (Wildman–Crippen MR) is 86.2 cm³/mol. The van der Waals surface area contributed by atoms with Crippen LogP contribution in [-0.4, -0.2) is 35.5 Å². The fraction of sp³-hybridized carbons (Fsp3) is 0.250. The molecular formula is C16H16FNO6S. The van der Waals surface area contributed by atoms with Crippen molar-refractivity contribution in [3.63, 3.8) is 0 Å². The highest BCUT2D eigenvalue weighted by Crippen LogP contribution is 2.35. The largest absolute Gasteiger partial charge is 0.494 e. The van der Waals surface area contributed by atoms with Crippen molar-refractivity contribution in [1.82, 2.24) is 4.72 Å². The number of rotatable bonds is 7. The molecule has 1 aliphatic rings. The van der Waals surface area contributed by atoms with Crippen LogP contribution in [0, 0.1) is 5.82 Å². The molecule has 9 heteroatoms. The molecule has 1 heterocycles. The molecule has 0 fully saturated rings. The molecular weight excluding hydrogens is 353 g/mol. The van der Waals surface area contributed by atoms with Gasteiger partial charge in [0.05, 0.1) is 12.0 Å².